The van der Waals surface area contributed by atoms with Gasteiger partial charge in [-0.1, -0.05) is 46.2 Å². The van der Waals surface area contributed by atoms with E-state index >= 15 is 0 Å². The van der Waals surface area contributed by atoms with Gasteiger partial charge in [0.1, 0.15) is 6.04 Å². The van der Waals surface area contributed by atoms with E-state index in [4.69, 9.17) is 15.6 Å². The molecule has 0 saturated carbocycles. The number of nitrogens with two attached hydrogens (primary N) is 1. The number of hydrogen-bond donors (Lipinski definition) is 6. The monoisotopic (exact) mass is 483 g/mol. The maximum atomic E-state index is 12.1. The van der Waals surface area contributed by atoms with Gasteiger partial charge in [0.25, 0.3) is 0 Å². The molecule has 1 aromatic carbocycles. The molecule has 0 aliphatic rings. The zero-order valence-corrected chi connectivity index (χ0v) is 21.4. The van der Waals surface area contributed by atoms with Gasteiger partial charge in [-0.15, -0.1) is 0 Å². The van der Waals surface area contributed by atoms with Crippen LogP contribution in [-0.2, 0) is 25.7 Å². The van der Waals surface area contributed by atoms with E-state index in [9.17, 15) is 14.4 Å². The molecule has 0 radical (unpaired) electrons. The van der Waals surface area contributed by atoms with Gasteiger partial charge in [0.15, 0.2) is 0 Å². The van der Waals surface area contributed by atoms with E-state index in [0.29, 0.717) is 31.9 Å². The number of nitrogens with one attached hydrogen (secondary N) is 4. The summed E-state index contributed by atoms with van der Waals surface area (Å²) in [6.45, 7) is 12.2. The summed E-state index contributed by atoms with van der Waals surface area (Å²) in [5.41, 5.74) is 6.62. The molecule has 0 spiro atoms. The quantitative estimate of drug-likeness (QED) is 0.217. The van der Waals surface area contributed by atoms with Crippen molar-refractivity contribution in [2.75, 3.05) is 44.7 Å². The topological polar surface area (TPSA) is 155 Å². The highest BCUT2D eigenvalue weighted by Gasteiger charge is 2.16. The van der Waals surface area contributed by atoms with E-state index in [1.165, 1.54) is 6.42 Å². The second-order valence-corrected chi connectivity index (χ2v) is 7.02. The van der Waals surface area contributed by atoms with Gasteiger partial charge in [-0.25, -0.2) is 0 Å². The summed E-state index contributed by atoms with van der Waals surface area (Å²) in [7, 11) is 0. The summed E-state index contributed by atoms with van der Waals surface area (Å²) in [5.74, 6) is -1.17. The lowest BCUT2D eigenvalue weighted by molar-refractivity contribution is -0.128. The Kier molecular flexibility index (Phi) is 23.4. The molecule has 0 saturated heterocycles. The average Bonchev–Trinajstić information content (AvgIpc) is 2.84. The zero-order valence-electron chi connectivity index (χ0n) is 21.4. The van der Waals surface area contributed by atoms with Crippen molar-refractivity contribution in [1.29, 1.82) is 0 Å². The van der Waals surface area contributed by atoms with Crippen LogP contribution in [0.3, 0.4) is 0 Å². The van der Waals surface area contributed by atoms with Crippen molar-refractivity contribution < 1.29 is 24.2 Å². The molecule has 7 N–H and O–H groups in total. The molecule has 0 bridgehead atoms. The van der Waals surface area contributed by atoms with Crippen LogP contribution >= 0.6 is 0 Å². The Morgan fingerprint density at radius 3 is 2.21 bits per heavy atom. The third-order valence-corrected chi connectivity index (χ3v) is 3.84. The molecule has 10 heteroatoms. The van der Waals surface area contributed by atoms with Crippen LogP contribution in [0.25, 0.3) is 0 Å². The molecule has 1 unspecified atom stereocenters. The number of anilines is 1. The van der Waals surface area contributed by atoms with Crippen molar-refractivity contribution in [3.63, 3.8) is 0 Å². The number of carbonyl (C=O) groups excluding carboxylic acids is 3. The van der Waals surface area contributed by atoms with Crippen LogP contribution in [-0.4, -0.2) is 68.3 Å². The molecule has 34 heavy (non-hydrogen) atoms. The molecule has 3 amide bonds. The molecule has 0 fully saturated rings. The summed E-state index contributed by atoms with van der Waals surface area (Å²) in [4.78, 5) is 35.7. The first-order valence-corrected chi connectivity index (χ1v) is 11.9. The Bertz CT molecular complexity index is 656. The molecule has 0 heterocycles. The Hall–Kier alpha value is -2.53. The largest absolute Gasteiger partial charge is 0.392 e. The predicted octanol–water partition coefficient (Wildman–Crippen LogP) is 1.14. The van der Waals surface area contributed by atoms with Gasteiger partial charge in [-0.2, -0.15) is 0 Å². The normalized spacial score (nSPS) is 10.6. The molecule has 0 aliphatic heterocycles. The van der Waals surface area contributed by atoms with E-state index in [-0.39, 0.29) is 32.1 Å². The van der Waals surface area contributed by atoms with Crippen molar-refractivity contribution in [2.45, 2.75) is 60.1 Å². The van der Waals surface area contributed by atoms with Gasteiger partial charge in [-0.3, -0.25) is 14.4 Å². The Labute approximate surface area is 204 Å². The number of aliphatic hydroxyl groups is 1. The van der Waals surface area contributed by atoms with Crippen LogP contribution in [0.15, 0.2) is 24.3 Å². The lowest BCUT2D eigenvalue weighted by atomic mass is 10.2. The minimum atomic E-state index is -0.777. The SMILES string of the molecule is CC.CC(NC(=O)CNC(=O)CCOCCNCCN)C(=O)Nc1ccc(CO)cc1.CCC. The highest BCUT2D eigenvalue weighted by atomic mass is 16.5. The van der Waals surface area contributed by atoms with Crippen molar-refractivity contribution in [1.82, 2.24) is 16.0 Å². The van der Waals surface area contributed by atoms with Crippen LogP contribution < -0.4 is 27.0 Å². The number of aliphatic hydroxyl groups excluding tert-OH is 1. The Morgan fingerprint density at radius 1 is 1.03 bits per heavy atom. The van der Waals surface area contributed by atoms with Crippen LogP contribution in [0.1, 0.15) is 53.0 Å². The first-order valence-electron chi connectivity index (χ1n) is 11.9. The fraction of sp³-hybridized carbons (Fsp3) is 0.625. The maximum absolute atomic E-state index is 12.1. The zero-order chi connectivity index (χ0) is 26.2. The van der Waals surface area contributed by atoms with E-state index in [0.717, 1.165) is 5.56 Å². The van der Waals surface area contributed by atoms with Crippen molar-refractivity contribution in [3.8, 4) is 0 Å². The second-order valence-electron chi connectivity index (χ2n) is 7.02. The fourth-order valence-corrected chi connectivity index (χ4v) is 2.21. The van der Waals surface area contributed by atoms with Gasteiger partial charge in [0, 0.05) is 31.7 Å². The number of rotatable bonds is 14. The number of amides is 3. The highest BCUT2D eigenvalue weighted by molar-refractivity contribution is 5.97. The lowest BCUT2D eigenvalue weighted by Crippen LogP contribution is -2.46. The van der Waals surface area contributed by atoms with Gasteiger partial charge >= 0.3 is 0 Å². The Morgan fingerprint density at radius 2 is 1.65 bits per heavy atom. The van der Waals surface area contributed by atoms with Crippen LogP contribution in [0, 0.1) is 0 Å². The lowest BCUT2D eigenvalue weighted by Gasteiger charge is -2.14. The summed E-state index contributed by atoms with van der Waals surface area (Å²) >= 11 is 0. The van der Waals surface area contributed by atoms with E-state index in [1.807, 2.05) is 13.8 Å². The van der Waals surface area contributed by atoms with E-state index < -0.39 is 17.9 Å². The van der Waals surface area contributed by atoms with Crippen LogP contribution in [0.5, 0.6) is 0 Å². The van der Waals surface area contributed by atoms with Gasteiger partial charge < -0.3 is 36.8 Å². The second kappa shape index (κ2) is 23.6. The molecular formula is C24H45N5O5. The minimum Gasteiger partial charge on any atom is -0.392 e. The summed E-state index contributed by atoms with van der Waals surface area (Å²) < 4.78 is 5.29. The van der Waals surface area contributed by atoms with Gasteiger partial charge in [0.2, 0.25) is 17.7 Å². The molecular weight excluding hydrogens is 438 g/mol. The minimum absolute atomic E-state index is 0.0788. The fourth-order valence-electron chi connectivity index (χ4n) is 2.21. The predicted molar refractivity (Wildman–Crippen MR) is 136 cm³/mol. The van der Waals surface area contributed by atoms with Crippen LogP contribution in [0.2, 0.25) is 0 Å². The number of hydrogen-bond acceptors (Lipinski definition) is 7. The first-order chi connectivity index (χ1) is 16.4. The third-order valence-electron chi connectivity index (χ3n) is 3.84. The number of benzene rings is 1. The molecule has 1 aromatic rings. The molecule has 196 valence electrons. The average molecular weight is 484 g/mol. The summed E-state index contributed by atoms with van der Waals surface area (Å²) in [5, 5.41) is 19.7. The first kappa shape index (κ1) is 33.6. The smallest absolute Gasteiger partial charge is 0.246 e. The third kappa shape index (κ3) is 19.0. The van der Waals surface area contributed by atoms with Gasteiger partial charge in [-0.05, 0) is 24.6 Å². The molecule has 1 atom stereocenters. The van der Waals surface area contributed by atoms with Crippen molar-refractivity contribution in [3.05, 3.63) is 29.8 Å². The number of carbonyl (C=O) groups is 3. The molecule has 10 nitrogen and oxygen atoms in total. The number of ether oxygens (including phenoxy) is 1. The Balaban J connectivity index is 0. The van der Waals surface area contributed by atoms with E-state index in [2.05, 4.69) is 35.1 Å². The van der Waals surface area contributed by atoms with Crippen molar-refractivity contribution >= 4 is 23.4 Å². The van der Waals surface area contributed by atoms with Gasteiger partial charge in [0.05, 0.1) is 26.4 Å². The highest BCUT2D eigenvalue weighted by Crippen LogP contribution is 2.09. The van der Waals surface area contributed by atoms with Crippen LogP contribution in [0.4, 0.5) is 5.69 Å². The summed E-state index contributed by atoms with van der Waals surface area (Å²) in [6, 6.07) is 5.92. The maximum Gasteiger partial charge on any atom is 0.246 e. The molecule has 0 aliphatic carbocycles. The van der Waals surface area contributed by atoms with Crippen molar-refractivity contribution in [2.24, 2.45) is 5.73 Å². The standard InChI is InChI=1S/C19H31N5O5.C3H8.C2H6/c1-14(19(28)24-16-4-2-15(13-25)3-5-16)23-18(27)12-22-17(26)6-10-29-11-9-21-8-7-20;1-3-2;1-2/h2-5,14,21,25H,6-13,20H2,1H3,(H,22,26)(H,23,27)(H,24,28);3H2,1-2H3;1-2H3. The molecule has 1 rings (SSSR count). The van der Waals surface area contributed by atoms with E-state index in [1.54, 1.807) is 31.2 Å². The summed E-state index contributed by atoms with van der Waals surface area (Å²) in [6.07, 6.45) is 1.39. The molecule has 0 aromatic heterocycles.